The highest BCUT2D eigenvalue weighted by molar-refractivity contribution is 5.97. The minimum Gasteiger partial charge on any atom is -0.484 e. The number of nitrogens with one attached hydrogen (secondary N) is 2. The van der Waals surface area contributed by atoms with Gasteiger partial charge in [-0.2, -0.15) is 0 Å². The SMILES string of the molecule is NC(=O)C1CCN(c2ccccc2NC(=O)CNC(=O)COc2ccccc2)CC1. The van der Waals surface area contributed by atoms with E-state index < -0.39 is 0 Å². The second-order valence-corrected chi connectivity index (χ2v) is 7.11. The molecule has 0 unspecified atom stereocenters. The number of amides is 3. The number of ether oxygens (including phenoxy) is 1. The number of piperidine rings is 1. The lowest BCUT2D eigenvalue weighted by atomic mass is 9.96. The van der Waals surface area contributed by atoms with Gasteiger partial charge in [-0.05, 0) is 37.1 Å². The molecule has 30 heavy (non-hydrogen) atoms. The molecule has 2 aromatic rings. The zero-order valence-corrected chi connectivity index (χ0v) is 16.7. The molecule has 0 bridgehead atoms. The molecule has 2 aromatic carbocycles. The third-order valence-electron chi connectivity index (χ3n) is 4.98. The van der Waals surface area contributed by atoms with Crippen LogP contribution in [0.25, 0.3) is 0 Å². The van der Waals surface area contributed by atoms with Gasteiger partial charge in [-0.25, -0.2) is 0 Å². The lowest BCUT2D eigenvalue weighted by molar-refractivity contribution is -0.125. The van der Waals surface area contributed by atoms with Crippen LogP contribution in [0.4, 0.5) is 11.4 Å². The van der Waals surface area contributed by atoms with E-state index in [-0.39, 0.29) is 36.8 Å². The van der Waals surface area contributed by atoms with Crippen LogP contribution in [0.15, 0.2) is 54.6 Å². The van der Waals surface area contributed by atoms with Gasteiger partial charge < -0.3 is 26.0 Å². The molecule has 158 valence electrons. The molecule has 0 aromatic heterocycles. The van der Waals surface area contributed by atoms with Gasteiger partial charge in [-0.3, -0.25) is 14.4 Å². The smallest absolute Gasteiger partial charge is 0.258 e. The predicted octanol–water partition coefficient (Wildman–Crippen LogP) is 1.52. The molecule has 1 fully saturated rings. The maximum atomic E-state index is 12.3. The standard InChI is InChI=1S/C22H26N4O4/c23-22(29)16-10-12-26(13-11-16)19-9-5-4-8-18(19)25-20(27)14-24-21(28)15-30-17-6-2-1-3-7-17/h1-9,16H,10-15H2,(H2,23,29)(H,24,28)(H,25,27). The summed E-state index contributed by atoms with van der Waals surface area (Å²) in [7, 11) is 0. The maximum absolute atomic E-state index is 12.3. The first kappa shape index (κ1) is 21.2. The molecule has 1 aliphatic heterocycles. The number of hydrogen-bond acceptors (Lipinski definition) is 5. The summed E-state index contributed by atoms with van der Waals surface area (Å²) in [6.07, 6.45) is 1.38. The van der Waals surface area contributed by atoms with Crippen molar-refractivity contribution < 1.29 is 19.1 Å². The van der Waals surface area contributed by atoms with Crippen LogP contribution in [0.3, 0.4) is 0 Å². The van der Waals surface area contributed by atoms with E-state index in [4.69, 9.17) is 10.5 Å². The van der Waals surface area contributed by atoms with Gasteiger partial charge in [0.25, 0.3) is 5.91 Å². The molecule has 4 N–H and O–H groups in total. The summed E-state index contributed by atoms with van der Waals surface area (Å²) in [5.74, 6) is -0.482. The third kappa shape index (κ3) is 5.97. The topological polar surface area (TPSA) is 114 Å². The number of carbonyl (C=O) groups is 3. The predicted molar refractivity (Wildman–Crippen MR) is 114 cm³/mol. The van der Waals surface area contributed by atoms with Gasteiger partial charge in [-0.15, -0.1) is 0 Å². The van der Waals surface area contributed by atoms with Crippen molar-refractivity contribution in [3.8, 4) is 5.75 Å². The fourth-order valence-electron chi connectivity index (χ4n) is 3.35. The zero-order chi connectivity index (χ0) is 21.3. The normalized spacial score (nSPS) is 14.1. The molecule has 1 heterocycles. The lowest BCUT2D eigenvalue weighted by Gasteiger charge is -2.33. The van der Waals surface area contributed by atoms with Crippen molar-refractivity contribution in [1.29, 1.82) is 0 Å². The highest BCUT2D eigenvalue weighted by Crippen LogP contribution is 2.29. The quantitative estimate of drug-likeness (QED) is 0.611. The van der Waals surface area contributed by atoms with Gasteiger partial charge in [0.15, 0.2) is 6.61 Å². The third-order valence-corrected chi connectivity index (χ3v) is 4.98. The van der Waals surface area contributed by atoms with Crippen molar-refractivity contribution in [2.45, 2.75) is 12.8 Å². The van der Waals surface area contributed by atoms with Crippen molar-refractivity contribution >= 4 is 29.1 Å². The summed E-state index contributed by atoms with van der Waals surface area (Å²) >= 11 is 0. The van der Waals surface area contributed by atoms with Gasteiger partial charge >= 0.3 is 0 Å². The summed E-state index contributed by atoms with van der Waals surface area (Å²) in [5, 5.41) is 5.39. The molecule has 3 rings (SSSR count). The van der Waals surface area contributed by atoms with E-state index in [2.05, 4.69) is 15.5 Å². The summed E-state index contributed by atoms with van der Waals surface area (Å²) in [6.45, 7) is 1.06. The number of para-hydroxylation sites is 3. The molecule has 0 radical (unpaired) electrons. The number of anilines is 2. The van der Waals surface area contributed by atoms with E-state index in [1.807, 2.05) is 42.5 Å². The molecular formula is C22H26N4O4. The minimum absolute atomic E-state index is 0.101. The molecular weight excluding hydrogens is 384 g/mol. The molecule has 0 saturated carbocycles. The zero-order valence-electron chi connectivity index (χ0n) is 16.7. The van der Waals surface area contributed by atoms with Crippen LogP contribution in [-0.2, 0) is 14.4 Å². The Morgan fingerprint density at radius 3 is 2.33 bits per heavy atom. The van der Waals surface area contributed by atoms with Crippen molar-refractivity contribution in [1.82, 2.24) is 5.32 Å². The number of primary amides is 1. The Labute approximate surface area is 175 Å². The van der Waals surface area contributed by atoms with Crippen LogP contribution in [0, 0.1) is 5.92 Å². The molecule has 1 aliphatic rings. The van der Waals surface area contributed by atoms with Gasteiger partial charge in [0.05, 0.1) is 17.9 Å². The van der Waals surface area contributed by atoms with Gasteiger partial charge in [0, 0.05) is 19.0 Å². The van der Waals surface area contributed by atoms with Crippen LogP contribution in [-0.4, -0.2) is 44.0 Å². The van der Waals surface area contributed by atoms with Crippen molar-refractivity contribution in [2.75, 3.05) is 36.5 Å². The monoisotopic (exact) mass is 410 g/mol. The Balaban J connectivity index is 1.48. The highest BCUT2D eigenvalue weighted by Gasteiger charge is 2.24. The van der Waals surface area contributed by atoms with Gasteiger partial charge in [-0.1, -0.05) is 30.3 Å². The number of nitrogens with two attached hydrogens (primary N) is 1. The van der Waals surface area contributed by atoms with Crippen molar-refractivity contribution in [3.05, 3.63) is 54.6 Å². The number of rotatable bonds is 8. The van der Waals surface area contributed by atoms with Crippen LogP contribution in [0.1, 0.15) is 12.8 Å². The fourth-order valence-corrected chi connectivity index (χ4v) is 3.35. The van der Waals surface area contributed by atoms with E-state index in [1.54, 1.807) is 12.1 Å². The summed E-state index contributed by atoms with van der Waals surface area (Å²) in [5.41, 5.74) is 6.95. The van der Waals surface area contributed by atoms with E-state index in [0.717, 1.165) is 5.69 Å². The number of hydrogen-bond donors (Lipinski definition) is 3. The molecule has 8 nitrogen and oxygen atoms in total. The second kappa shape index (κ2) is 10.3. The summed E-state index contributed by atoms with van der Waals surface area (Å²) in [4.78, 5) is 37.7. The fraction of sp³-hybridized carbons (Fsp3) is 0.318. The highest BCUT2D eigenvalue weighted by atomic mass is 16.5. The summed E-state index contributed by atoms with van der Waals surface area (Å²) in [6, 6.07) is 16.5. The Bertz CT molecular complexity index is 880. The van der Waals surface area contributed by atoms with Gasteiger partial charge in [0.1, 0.15) is 5.75 Å². The molecule has 0 atom stereocenters. The molecule has 8 heteroatoms. The molecule has 0 spiro atoms. The Morgan fingerprint density at radius 2 is 1.63 bits per heavy atom. The molecule has 0 aliphatic carbocycles. The molecule has 3 amide bonds. The number of nitrogens with zero attached hydrogens (tertiary/aromatic N) is 1. The van der Waals surface area contributed by atoms with E-state index in [1.165, 1.54) is 0 Å². The Kier molecular flexibility index (Phi) is 7.26. The Hall–Kier alpha value is -3.55. The first-order valence-electron chi connectivity index (χ1n) is 9.90. The average Bonchev–Trinajstić information content (AvgIpc) is 2.77. The number of benzene rings is 2. The Morgan fingerprint density at radius 1 is 0.967 bits per heavy atom. The average molecular weight is 410 g/mol. The van der Waals surface area contributed by atoms with E-state index in [9.17, 15) is 14.4 Å². The lowest BCUT2D eigenvalue weighted by Crippen LogP contribution is -2.39. The van der Waals surface area contributed by atoms with E-state index >= 15 is 0 Å². The second-order valence-electron chi connectivity index (χ2n) is 7.11. The summed E-state index contributed by atoms with van der Waals surface area (Å²) < 4.78 is 5.36. The first-order valence-corrected chi connectivity index (χ1v) is 9.90. The molecule has 1 saturated heterocycles. The minimum atomic E-state index is -0.379. The van der Waals surface area contributed by atoms with Crippen LogP contribution < -0.4 is 26.0 Å². The number of carbonyl (C=O) groups excluding carboxylic acids is 3. The largest absolute Gasteiger partial charge is 0.484 e. The van der Waals surface area contributed by atoms with E-state index in [0.29, 0.717) is 37.4 Å². The van der Waals surface area contributed by atoms with Crippen molar-refractivity contribution in [2.24, 2.45) is 11.7 Å². The van der Waals surface area contributed by atoms with Crippen molar-refractivity contribution in [3.63, 3.8) is 0 Å². The maximum Gasteiger partial charge on any atom is 0.258 e. The van der Waals surface area contributed by atoms with Crippen LogP contribution in [0.5, 0.6) is 5.75 Å². The van der Waals surface area contributed by atoms with Crippen LogP contribution >= 0.6 is 0 Å². The van der Waals surface area contributed by atoms with Gasteiger partial charge in [0.2, 0.25) is 11.8 Å². The first-order chi connectivity index (χ1) is 14.5. The van der Waals surface area contributed by atoms with Crippen LogP contribution in [0.2, 0.25) is 0 Å².